The monoisotopic (exact) mass is 439 g/mol. The molecule has 0 fully saturated rings. The number of para-hydroxylation sites is 1. The normalized spacial score (nSPS) is 10.6. The van der Waals surface area contributed by atoms with Crippen molar-refractivity contribution in [3.05, 3.63) is 56.1 Å². The molecule has 2 amide bonds. The number of benzene rings is 1. The minimum absolute atomic E-state index is 0.109. The molecule has 0 saturated heterocycles. The predicted octanol–water partition coefficient (Wildman–Crippen LogP) is 4.82. The molecule has 2 heterocycles. The number of amides is 2. The van der Waals surface area contributed by atoms with Gasteiger partial charge in [0.1, 0.15) is 5.01 Å². The van der Waals surface area contributed by atoms with Crippen molar-refractivity contribution >= 4 is 63.4 Å². The molecule has 1 N–H and O–H groups in total. The molecule has 3 aromatic rings. The molecule has 0 atom stereocenters. The number of likely N-dealkylation sites (N-methyl/N-ethyl adjacent to an activating group) is 1. The number of anilines is 1. The van der Waals surface area contributed by atoms with Crippen molar-refractivity contribution in [2.45, 2.75) is 6.42 Å². The average molecular weight is 440 g/mol. The second-order valence-corrected chi connectivity index (χ2v) is 8.18. The number of thiazole rings is 1. The highest BCUT2D eigenvalue weighted by molar-refractivity contribution is 7.14. The molecule has 0 unspecified atom stereocenters. The van der Waals surface area contributed by atoms with E-state index in [1.165, 1.54) is 16.2 Å². The summed E-state index contributed by atoms with van der Waals surface area (Å²) in [6.07, 6.45) is 0.136. The lowest BCUT2D eigenvalue weighted by atomic mass is 10.3. The lowest BCUT2D eigenvalue weighted by molar-refractivity contribution is -0.132. The Hall–Kier alpha value is -1.93. The van der Waals surface area contributed by atoms with Crippen LogP contribution in [0, 0.1) is 0 Å². The fourth-order valence-electron chi connectivity index (χ4n) is 2.30. The van der Waals surface area contributed by atoms with Crippen molar-refractivity contribution in [1.29, 1.82) is 0 Å². The quantitative estimate of drug-likeness (QED) is 0.598. The summed E-state index contributed by atoms with van der Waals surface area (Å²) in [4.78, 5) is 30.4. The zero-order valence-corrected chi connectivity index (χ0v) is 17.4. The van der Waals surface area contributed by atoms with Crippen LogP contribution in [0.15, 0.2) is 40.4 Å². The molecule has 0 bridgehead atoms. The third-order valence-electron chi connectivity index (χ3n) is 3.69. The predicted molar refractivity (Wildman–Crippen MR) is 112 cm³/mol. The molecule has 0 radical (unpaired) electrons. The van der Waals surface area contributed by atoms with E-state index in [1.54, 1.807) is 36.6 Å². The molecule has 0 saturated carbocycles. The van der Waals surface area contributed by atoms with Gasteiger partial charge < -0.3 is 10.2 Å². The van der Waals surface area contributed by atoms with Gasteiger partial charge in [0.25, 0.3) is 0 Å². The molecule has 2 aromatic heterocycles. The maximum absolute atomic E-state index is 12.4. The summed E-state index contributed by atoms with van der Waals surface area (Å²) >= 11 is 15.2. The van der Waals surface area contributed by atoms with Gasteiger partial charge in [-0.2, -0.15) is 11.3 Å². The van der Waals surface area contributed by atoms with Crippen LogP contribution in [0.25, 0.3) is 10.6 Å². The molecule has 0 aliphatic heterocycles. The van der Waals surface area contributed by atoms with Gasteiger partial charge in [0, 0.05) is 23.4 Å². The largest absolute Gasteiger partial charge is 0.336 e. The SMILES string of the molecule is CN(CC(=O)Nc1c(Cl)cccc1Cl)C(=O)Cc1csc(-c2ccsc2)n1. The summed E-state index contributed by atoms with van der Waals surface area (Å²) in [7, 11) is 1.57. The fraction of sp³-hybridized carbons (Fsp3) is 0.167. The van der Waals surface area contributed by atoms with Crippen LogP contribution in [0.4, 0.5) is 5.69 Å². The lowest BCUT2D eigenvalue weighted by Crippen LogP contribution is -2.36. The van der Waals surface area contributed by atoms with Crippen LogP contribution < -0.4 is 5.32 Å². The Balaban J connectivity index is 1.57. The minimum atomic E-state index is -0.377. The van der Waals surface area contributed by atoms with Gasteiger partial charge in [-0.1, -0.05) is 29.3 Å². The molecule has 1 aromatic carbocycles. The molecule has 0 aliphatic rings. The second kappa shape index (κ2) is 8.84. The van der Waals surface area contributed by atoms with E-state index < -0.39 is 0 Å². The summed E-state index contributed by atoms with van der Waals surface area (Å²) < 4.78 is 0. The third kappa shape index (κ3) is 5.07. The average Bonchev–Trinajstić information content (AvgIpc) is 3.29. The number of hydrogen-bond donors (Lipinski definition) is 1. The maximum atomic E-state index is 12.4. The van der Waals surface area contributed by atoms with Gasteiger partial charge in [-0.25, -0.2) is 4.98 Å². The minimum Gasteiger partial charge on any atom is -0.336 e. The number of rotatable bonds is 6. The van der Waals surface area contributed by atoms with Crippen LogP contribution in [0.2, 0.25) is 10.0 Å². The van der Waals surface area contributed by atoms with Crippen LogP contribution in [-0.4, -0.2) is 35.3 Å². The maximum Gasteiger partial charge on any atom is 0.244 e. The van der Waals surface area contributed by atoms with E-state index >= 15 is 0 Å². The van der Waals surface area contributed by atoms with Crippen LogP contribution in [0.5, 0.6) is 0 Å². The topological polar surface area (TPSA) is 62.3 Å². The van der Waals surface area contributed by atoms with E-state index in [0.29, 0.717) is 21.4 Å². The Labute approximate surface area is 174 Å². The van der Waals surface area contributed by atoms with Crippen LogP contribution in [-0.2, 0) is 16.0 Å². The molecular formula is C18H15Cl2N3O2S2. The van der Waals surface area contributed by atoms with E-state index in [1.807, 2.05) is 22.2 Å². The molecule has 3 rings (SSSR count). The van der Waals surface area contributed by atoms with Gasteiger partial charge in [0.05, 0.1) is 34.4 Å². The first-order valence-corrected chi connectivity index (χ1v) is 10.5. The first-order valence-electron chi connectivity index (χ1n) is 7.89. The van der Waals surface area contributed by atoms with Gasteiger partial charge in [0.2, 0.25) is 11.8 Å². The molecule has 27 heavy (non-hydrogen) atoms. The Morgan fingerprint density at radius 3 is 2.59 bits per heavy atom. The number of thiophene rings is 1. The first kappa shape index (κ1) is 19.8. The van der Waals surface area contributed by atoms with Crippen LogP contribution in [0.1, 0.15) is 5.69 Å². The number of nitrogens with zero attached hydrogens (tertiary/aromatic N) is 2. The van der Waals surface area contributed by atoms with E-state index in [9.17, 15) is 9.59 Å². The highest BCUT2D eigenvalue weighted by atomic mass is 35.5. The highest BCUT2D eigenvalue weighted by Crippen LogP contribution is 2.29. The van der Waals surface area contributed by atoms with Gasteiger partial charge in [-0.15, -0.1) is 11.3 Å². The van der Waals surface area contributed by atoms with Crippen molar-refractivity contribution < 1.29 is 9.59 Å². The Morgan fingerprint density at radius 2 is 1.93 bits per heavy atom. The van der Waals surface area contributed by atoms with E-state index in [-0.39, 0.29) is 24.8 Å². The number of nitrogens with one attached hydrogen (secondary N) is 1. The van der Waals surface area contributed by atoms with Gasteiger partial charge in [-0.3, -0.25) is 9.59 Å². The first-order chi connectivity index (χ1) is 12.9. The van der Waals surface area contributed by atoms with E-state index in [0.717, 1.165) is 10.6 Å². The Kier molecular flexibility index (Phi) is 6.49. The summed E-state index contributed by atoms with van der Waals surface area (Å²) in [5.41, 5.74) is 2.08. The fourth-order valence-corrected chi connectivity index (χ4v) is 4.32. The van der Waals surface area contributed by atoms with Crippen LogP contribution in [0.3, 0.4) is 0 Å². The summed E-state index contributed by atoms with van der Waals surface area (Å²) in [6.45, 7) is -0.109. The van der Waals surface area contributed by atoms with E-state index in [4.69, 9.17) is 23.2 Å². The second-order valence-electron chi connectivity index (χ2n) is 5.73. The van der Waals surface area contributed by atoms with Gasteiger partial charge >= 0.3 is 0 Å². The number of aromatic nitrogens is 1. The van der Waals surface area contributed by atoms with Crippen molar-refractivity contribution in [2.24, 2.45) is 0 Å². The molecule has 5 nitrogen and oxygen atoms in total. The molecular weight excluding hydrogens is 425 g/mol. The van der Waals surface area contributed by atoms with Crippen molar-refractivity contribution in [3.8, 4) is 10.6 Å². The molecule has 140 valence electrons. The Morgan fingerprint density at radius 1 is 1.19 bits per heavy atom. The number of halogens is 2. The van der Waals surface area contributed by atoms with Crippen molar-refractivity contribution in [1.82, 2.24) is 9.88 Å². The molecule has 0 aliphatic carbocycles. The summed E-state index contributed by atoms with van der Waals surface area (Å²) in [5.74, 6) is -0.573. The number of carbonyl (C=O) groups is 2. The molecule has 0 spiro atoms. The van der Waals surface area contributed by atoms with Crippen molar-refractivity contribution in [2.75, 3.05) is 18.9 Å². The summed E-state index contributed by atoms with van der Waals surface area (Å²) in [5, 5.41) is 10.1. The Bertz CT molecular complexity index is 937. The van der Waals surface area contributed by atoms with E-state index in [2.05, 4.69) is 10.3 Å². The lowest BCUT2D eigenvalue weighted by Gasteiger charge is -2.17. The third-order valence-corrected chi connectivity index (χ3v) is 5.94. The zero-order valence-electron chi connectivity index (χ0n) is 14.2. The standard InChI is InChI=1S/C18H15Cl2N3O2S2/c1-23(8-15(24)22-17-13(19)3-2-4-14(17)20)16(25)7-12-10-27-18(21-12)11-5-6-26-9-11/h2-6,9-10H,7-8H2,1H3,(H,22,24). The molecule has 9 heteroatoms. The number of hydrogen-bond acceptors (Lipinski definition) is 5. The number of carbonyl (C=O) groups excluding carboxylic acids is 2. The van der Waals surface area contributed by atoms with Crippen molar-refractivity contribution in [3.63, 3.8) is 0 Å². The van der Waals surface area contributed by atoms with Gasteiger partial charge in [0.15, 0.2) is 0 Å². The van der Waals surface area contributed by atoms with Crippen LogP contribution >= 0.6 is 45.9 Å². The summed E-state index contributed by atoms with van der Waals surface area (Å²) in [6, 6.07) is 6.94. The van der Waals surface area contributed by atoms with Gasteiger partial charge in [-0.05, 0) is 23.6 Å². The zero-order chi connectivity index (χ0) is 19.4. The smallest absolute Gasteiger partial charge is 0.244 e. The highest BCUT2D eigenvalue weighted by Gasteiger charge is 2.17.